The van der Waals surface area contributed by atoms with Crippen molar-refractivity contribution in [3.63, 3.8) is 0 Å². The average Bonchev–Trinajstić information content (AvgIpc) is 2.83. The van der Waals surface area contributed by atoms with Crippen LogP contribution in [0.5, 0.6) is 0 Å². The molecule has 0 aromatic rings. The molecule has 0 aliphatic heterocycles. The Bertz CT molecular complexity index is 658. The van der Waals surface area contributed by atoms with E-state index in [2.05, 4.69) is 26.0 Å². The molecule has 5 atom stereocenters. The Morgan fingerprint density at radius 3 is 2.75 bits per heavy atom. The third kappa shape index (κ3) is 2.16. The summed E-state index contributed by atoms with van der Waals surface area (Å²) in [7, 11) is 0. The number of ether oxygens (including phenoxy) is 1. The predicted octanol–water partition coefficient (Wildman–Crippen LogP) is 4.37. The number of fused-ring (bicyclic) bond motifs is 4. The summed E-state index contributed by atoms with van der Waals surface area (Å²) in [6.45, 7) is 6.06. The molecule has 0 radical (unpaired) electrons. The second-order valence-corrected chi connectivity index (χ2v) is 8.69. The Kier molecular flexibility index (Phi) is 3.56. The molecular weight excluding hydrogens is 300 g/mol. The lowest BCUT2D eigenvalue weighted by Gasteiger charge is -2.53. The van der Waals surface area contributed by atoms with Crippen LogP contribution in [0.3, 0.4) is 0 Å². The molecule has 0 N–H and O–H groups in total. The highest BCUT2D eigenvalue weighted by Crippen LogP contribution is 2.61. The first kappa shape index (κ1) is 16.1. The third-order valence-corrected chi connectivity index (χ3v) is 7.52. The van der Waals surface area contributed by atoms with Crippen LogP contribution in [0.15, 0.2) is 23.3 Å². The van der Waals surface area contributed by atoms with E-state index in [4.69, 9.17) is 4.74 Å². The van der Waals surface area contributed by atoms with E-state index in [9.17, 15) is 9.59 Å². The van der Waals surface area contributed by atoms with Crippen molar-refractivity contribution in [2.24, 2.45) is 22.7 Å². The molecule has 24 heavy (non-hydrogen) atoms. The number of hydrogen-bond donors (Lipinski definition) is 0. The minimum Gasteiger partial charge on any atom is -0.458 e. The van der Waals surface area contributed by atoms with Crippen LogP contribution in [0.1, 0.15) is 65.7 Å². The van der Waals surface area contributed by atoms with Crippen molar-refractivity contribution in [1.82, 2.24) is 0 Å². The van der Waals surface area contributed by atoms with Gasteiger partial charge in [0, 0.05) is 18.8 Å². The zero-order valence-corrected chi connectivity index (χ0v) is 15.1. The van der Waals surface area contributed by atoms with Crippen LogP contribution in [0.4, 0.5) is 0 Å². The number of carbonyl (C=O) groups excluding carboxylic acids is 2. The maximum Gasteiger partial charge on any atom is 0.303 e. The Morgan fingerprint density at radius 2 is 2.00 bits per heavy atom. The normalized spacial score (nSPS) is 44.0. The van der Waals surface area contributed by atoms with Crippen molar-refractivity contribution in [1.29, 1.82) is 0 Å². The summed E-state index contributed by atoms with van der Waals surface area (Å²) in [5.41, 5.74) is 3.08. The number of hydrogen-bond acceptors (Lipinski definition) is 3. The van der Waals surface area contributed by atoms with Crippen molar-refractivity contribution in [2.75, 3.05) is 0 Å². The van der Waals surface area contributed by atoms with Gasteiger partial charge in [-0.3, -0.25) is 9.59 Å². The summed E-state index contributed by atoms with van der Waals surface area (Å²) in [6, 6.07) is 0. The maximum absolute atomic E-state index is 12.4. The van der Waals surface area contributed by atoms with Crippen LogP contribution in [0.25, 0.3) is 0 Å². The fraction of sp³-hybridized carbons (Fsp3) is 0.714. The predicted molar refractivity (Wildman–Crippen MR) is 92.2 cm³/mol. The van der Waals surface area contributed by atoms with Crippen molar-refractivity contribution >= 4 is 11.8 Å². The van der Waals surface area contributed by atoms with Gasteiger partial charge < -0.3 is 4.74 Å². The molecule has 3 nitrogen and oxygen atoms in total. The first-order valence-corrected chi connectivity index (χ1v) is 9.47. The van der Waals surface area contributed by atoms with Gasteiger partial charge in [-0.2, -0.15) is 0 Å². The van der Waals surface area contributed by atoms with Gasteiger partial charge in [0.2, 0.25) is 0 Å². The van der Waals surface area contributed by atoms with Crippen LogP contribution < -0.4 is 0 Å². The lowest BCUT2D eigenvalue weighted by atomic mass is 9.51. The molecule has 4 rings (SSSR count). The van der Waals surface area contributed by atoms with Crippen molar-refractivity contribution in [3.8, 4) is 0 Å². The summed E-state index contributed by atoms with van der Waals surface area (Å²) < 4.78 is 5.44. The summed E-state index contributed by atoms with van der Waals surface area (Å²) in [5.74, 6) is 1.41. The average molecular weight is 328 g/mol. The second kappa shape index (κ2) is 5.31. The van der Waals surface area contributed by atoms with Crippen LogP contribution in [0, 0.1) is 22.7 Å². The fourth-order valence-corrected chi connectivity index (χ4v) is 6.12. The van der Waals surface area contributed by atoms with Crippen molar-refractivity contribution in [3.05, 3.63) is 23.3 Å². The van der Waals surface area contributed by atoms with Crippen LogP contribution >= 0.6 is 0 Å². The molecule has 4 aliphatic carbocycles. The molecule has 0 heterocycles. The summed E-state index contributed by atoms with van der Waals surface area (Å²) in [6.07, 6.45) is 11.5. The summed E-state index contributed by atoms with van der Waals surface area (Å²) >= 11 is 0. The first-order chi connectivity index (χ1) is 11.3. The topological polar surface area (TPSA) is 43.4 Å². The van der Waals surface area contributed by atoms with E-state index in [1.165, 1.54) is 12.5 Å². The molecule has 0 aromatic heterocycles. The number of carbonyl (C=O) groups is 2. The van der Waals surface area contributed by atoms with E-state index in [0.29, 0.717) is 17.6 Å². The van der Waals surface area contributed by atoms with Crippen LogP contribution in [-0.2, 0) is 14.3 Å². The van der Waals surface area contributed by atoms with Crippen molar-refractivity contribution < 1.29 is 14.3 Å². The number of esters is 1. The molecule has 0 bridgehead atoms. The Hall–Kier alpha value is -1.38. The van der Waals surface area contributed by atoms with E-state index in [1.54, 1.807) is 5.57 Å². The Morgan fingerprint density at radius 1 is 1.21 bits per heavy atom. The van der Waals surface area contributed by atoms with Gasteiger partial charge in [-0.15, -0.1) is 0 Å². The minimum atomic E-state index is -0.190. The zero-order chi connectivity index (χ0) is 17.1. The van der Waals surface area contributed by atoms with E-state index in [-0.39, 0.29) is 22.9 Å². The lowest BCUT2D eigenvalue weighted by Crippen LogP contribution is -2.46. The fourth-order valence-electron chi connectivity index (χ4n) is 6.12. The molecule has 3 heteroatoms. The molecule has 4 aliphatic rings. The number of rotatable bonds is 1. The molecule has 2 saturated carbocycles. The lowest BCUT2D eigenvalue weighted by molar-refractivity contribution is -0.146. The summed E-state index contributed by atoms with van der Waals surface area (Å²) in [5, 5.41) is 0. The number of allylic oxidation sites excluding steroid dienone is 3. The van der Waals surface area contributed by atoms with Gasteiger partial charge in [-0.05, 0) is 68.8 Å². The largest absolute Gasteiger partial charge is 0.458 e. The van der Waals surface area contributed by atoms with E-state index in [0.717, 1.165) is 44.9 Å². The van der Waals surface area contributed by atoms with Gasteiger partial charge in [-0.25, -0.2) is 0 Å². The molecule has 130 valence electrons. The van der Waals surface area contributed by atoms with E-state index >= 15 is 0 Å². The standard InChI is InChI=1S/C21H28O3/c1-13(22)24-15-8-10-20(2)14(12-15)4-5-16-17-6-7-19(23)21(17,3)11-9-18(16)20/h8,10,14-15,18H,4-7,9,11-12H2,1-3H3/t14?,15?,18?,20-,21-/m0/s1. The SMILES string of the molecule is CC(=O)OC1C=C[C@@]2(C)C(CCC3=C4CCC(=O)[C@@]4(C)CCC32)C1. The molecule has 0 spiro atoms. The van der Waals surface area contributed by atoms with Crippen LogP contribution in [-0.4, -0.2) is 17.9 Å². The highest BCUT2D eigenvalue weighted by atomic mass is 16.5. The summed E-state index contributed by atoms with van der Waals surface area (Å²) in [4.78, 5) is 23.7. The van der Waals surface area contributed by atoms with Gasteiger partial charge in [0.15, 0.2) is 0 Å². The third-order valence-electron chi connectivity index (χ3n) is 7.52. The van der Waals surface area contributed by atoms with E-state index < -0.39 is 0 Å². The van der Waals surface area contributed by atoms with Crippen LogP contribution in [0.2, 0.25) is 0 Å². The second-order valence-electron chi connectivity index (χ2n) is 8.69. The van der Waals surface area contributed by atoms with Gasteiger partial charge in [0.1, 0.15) is 11.9 Å². The Labute approximate surface area is 144 Å². The quantitative estimate of drug-likeness (QED) is 0.530. The number of ketones is 1. The molecule has 0 saturated heterocycles. The highest BCUT2D eigenvalue weighted by Gasteiger charge is 2.54. The molecule has 0 amide bonds. The van der Waals surface area contributed by atoms with Gasteiger partial charge >= 0.3 is 5.97 Å². The van der Waals surface area contributed by atoms with Crippen molar-refractivity contribution in [2.45, 2.75) is 71.8 Å². The monoisotopic (exact) mass is 328 g/mol. The molecule has 2 fully saturated rings. The van der Waals surface area contributed by atoms with E-state index in [1.807, 2.05) is 0 Å². The minimum absolute atomic E-state index is 0.0586. The molecule has 0 aromatic carbocycles. The zero-order valence-electron chi connectivity index (χ0n) is 15.1. The first-order valence-electron chi connectivity index (χ1n) is 9.47. The molecular formula is C21H28O3. The maximum atomic E-state index is 12.4. The van der Waals surface area contributed by atoms with Gasteiger partial charge in [0.05, 0.1) is 0 Å². The Balaban J connectivity index is 1.68. The number of Topliss-reactive ketones (excluding diaryl/α,β-unsaturated/α-hetero) is 1. The van der Waals surface area contributed by atoms with Gasteiger partial charge in [-0.1, -0.05) is 24.1 Å². The van der Waals surface area contributed by atoms with Gasteiger partial charge in [0.25, 0.3) is 0 Å². The smallest absolute Gasteiger partial charge is 0.303 e. The highest BCUT2D eigenvalue weighted by molar-refractivity contribution is 5.91. The molecule has 3 unspecified atom stereocenters.